The van der Waals surface area contributed by atoms with Gasteiger partial charge >= 0.3 is 0 Å². The second-order valence-corrected chi connectivity index (χ2v) is 5.93. The number of carbonyl (C=O) groups is 2. The van der Waals surface area contributed by atoms with Crippen LogP contribution in [0.25, 0.3) is 0 Å². The van der Waals surface area contributed by atoms with Crippen LogP contribution in [0.4, 0.5) is 0 Å². The summed E-state index contributed by atoms with van der Waals surface area (Å²) < 4.78 is 5.67. The van der Waals surface area contributed by atoms with Crippen LogP contribution in [0, 0.1) is 0 Å². The quantitative estimate of drug-likeness (QED) is 0.816. The summed E-state index contributed by atoms with van der Waals surface area (Å²) in [5, 5.41) is 2.87. The Balaban J connectivity index is 2.14. The Morgan fingerprint density at radius 2 is 2.12 bits per heavy atom. The van der Waals surface area contributed by atoms with Gasteiger partial charge in [-0.2, -0.15) is 0 Å². The molecule has 1 aliphatic rings. The fourth-order valence-electron chi connectivity index (χ4n) is 2.82. The first kappa shape index (κ1) is 18.3. The molecular formula is C18H27N3O3. The van der Waals surface area contributed by atoms with E-state index in [2.05, 4.69) is 10.2 Å². The molecule has 0 aromatic heterocycles. The minimum absolute atomic E-state index is 0.0114. The number of benzene rings is 1. The molecule has 132 valence electrons. The molecule has 24 heavy (non-hydrogen) atoms. The van der Waals surface area contributed by atoms with Crippen LogP contribution in [0.15, 0.2) is 24.3 Å². The van der Waals surface area contributed by atoms with Crippen molar-refractivity contribution >= 4 is 11.8 Å². The molecule has 0 radical (unpaired) electrons. The van der Waals surface area contributed by atoms with E-state index in [4.69, 9.17) is 4.74 Å². The lowest BCUT2D eigenvalue weighted by Crippen LogP contribution is -2.56. The zero-order chi connectivity index (χ0) is 17.5. The van der Waals surface area contributed by atoms with Crippen molar-refractivity contribution in [3.8, 4) is 5.75 Å². The maximum Gasteiger partial charge on any atom is 0.237 e. The van der Waals surface area contributed by atoms with Gasteiger partial charge < -0.3 is 15.0 Å². The van der Waals surface area contributed by atoms with Crippen molar-refractivity contribution in [3.05, 3.63) is 29.8 Å². The normalized spacial score (nSPS) is 18.1. The minimum Gasteiger partial charge on any atom is -0.494 e. The van der Waals surface area contributed by atoms with Gasteiger partial charge in [-0.05, 0) is 19.9 Å². The zero-order valence-electron chi connectivity index (χ0n) is 14.7. The van der Waals surface area contributed by atoms with Crippen LogP contribution in [0.3, 0.4) is 0 Å². The van der Waals surface area contributed by atoms with Crippen LogP contribution < -0.4 is 10.1 Å². The second kappa shape index (κ2) is 8.68. The van der Waals surface area contributed by atoms with E-state index < -0.39 is 6.04 Å². The molecule has 0 spiro atoms. The van der Waals surface area contributed by atoms with Gasteiger partial charge in [0.15, 0.2) is 0 Å². The van der Waals surface area contributed by atoms with E-state index in [1.165, 1.54) is 0 Å². The first-order valence-corrected chi connectivity index (χ1v) is 8.53. The Morgan fingerprint density at radius 1 is 1.38 bits per heavy atom. The Hall–Kier alpha value is -2.08. The molecule has 1 atom stereocenters. The van der Waals surface area contributed by atoms with Crippen molar-refractivity contribution in [1.29, 1.82) is 0 Å². The van der Waals surface area contributed by atoms with Gasteiger partial charge in [0, 0.05) is 38.8 Å². The van der Waals surface area contributed by atoms with E-state index in [1.54, 1.807) is 11.9 Å². The highest BCUT2D eigenvalue weighted by Crippen LogP contribution is 2.22. The third-order valence-corrected chi connectivity index (χ3v) is 4.36. The van der Waals surface area contributed by atoms with Crippen LogP contribution >= 0.6 is 0 Å². The smallest absolute Gasteiger partial charge is 0.237 e. The summed E-state index contributed by atoms with van der Waals surface area (Å²) in [6.45, 7) is 7.03. The molecule has 1 aromatic rings. The van der Waals surface area contributed by atoms with Gasteiger partial charge in [-0.15, -0.1) is 0 Å². The zero-order valence-corrected chi connectivity index (χ0v) is 14.7. The predicted molar refractivity (Wildman–Crippen MR) is 92.7 cm³/mol. The average Bonchev–Trinajstić information content (AvgIpc) is 2.59. The SMILES string of the molecule is CCOc1ccccc1CN1CCNC(=O)C1CC(=O)N(C)CC. The fourth-order valence-corrected chi connectivity index (χ4v) is 2.82. The lowest BCUT2D eigenvalue weighted by atomic mass is 10.1. The fraction of sp³-hybridized carbons (Fsp3) is 0.556. The van der Waals surface area contributed by atoms with Crippen molar-refractivity contribution < 1.29 is 14.3 Å². The van der Waals surface area contributed by atoms with Crippen molar-refractivity contribution in [2.24, 2.45) is 0 Å². The molecule has 1 fully saturated rings. The molecule has 1 aliphatic heterocycles. The monoisotopic (exact) mass is 333 g/mol. The van der Waals surface area contributed by atoms with E-state index in [0.29, 0.717) is 26.2 Å². The van der Waals surface area contributed by atoms with Crippen LogP contribution in [-0.2, 0) is 16.1 Å². The number of rotatable bonds is 7. The third kappa shape index (κ3) is 4.47. The summed E-state index contributed by atoms with van der Waals surface area (Å²) in [5.74, 6) is 0.748. The highest BCUT2D eigenvalue weighted by atomic mass is 16.5. The van der Waals surface area contributed by atoms with E-state index >= 15 is 0 Å². The van der Waals surface area contributed by atoms with Gasteiger partial charge in [-0.25, -0.2) is 0 Å². The van der Waals surface area contributed by atoms with Crippen LogP contribution in [0.2, 0.25) is 0 Å². The summed E-state index contributed by atoms with van der Waals surface area (Å²) in [5.41, 5.74) is 1.04. The van der Waals surface area contributed by atoms with Gasteiger partial charge in [-0.1, -0.05) is 18.2 Å². The summed E-state index contributed by atoms with van der Waals surface area (Å²) >= 11 is 0. The molecule has 6 heteroatoms. The molecule has 1 unspecified atom stereocenters. The highest BCUT2D eigenvalue weighted by Gasteiger charge is 2.32. The lowest BCUT2D eigenvalue weighted by Gasteiger charge is -2.35. The van der Waals surface area contributed by atoms with Gasteiger partial charge in [0.05, 0.1) is 19.1 Å². The maximum absolute atomic E-state index is 12.3. The van der Waals surface area contributed by atoms with Gasteiger partial charge in [0.1, 0.15) is 5.75 Å². The minimum atomic E-state index is -0.435. The predicted octanol–water partition coefficient (Wildman–Crippen LogP) is 1.25. The molecule has 0 aliphatic carbocycles. The van der Waals surface area contributed by atoms with E-state index in [-0.39, 0.29) is 18.2 Å². The number of nitrogens with zero attached hydrogens (tertiary/aromatic N) is 2. The molecule has 1 saturated heterocycles. The van der Waals surface area contributed by atoms with E-state index in [1.807, 2.05) is 38.1 Å². The van der Waals surface area contributed by atoms with E-state index in [0.717, 1.165) is 17.9 Å². The lowest BCUT2D eigenvalue weighted by molar-refractivity contribution is -0.138. The second-order valence-electron chi connectivity index (χ2n) is 5.93. The number of carbonyl (C=O) groups excluding carboxylic acids is 2. The van der Waals surface area contributed by atoms with E-state index in [9.17, 15) is 9.59 Å². The Labute approximate surface area is 143 Å². The van der Waals surface area contributed by atoms with Crippen LogP contribution in [0.1, 0.15) is 25.8 Å². The summed E-state index contributed by atoms with van der Waals surface area (Å²) in [6.07, 6.45) is 0.201. The topological polar surface area (TPSA) is 61.9 Å². The first-order chi connectivity index (χ1) is 11.6. The molecule has 1 heterocycles. The Morgan fingerprint density at radius 3 is 2.83 bits per heavy atom. The number of piperazine rings is 1. The van der Waals surface area contributed by atoms with Gasteiger partial charge in [-0.3, -0.25) is 14.5 Å². The molecular weight excluding hydrogens is 306 g/mol. The first-order valence-electron chi connectivity index (χ1n) is 8.53. The number of hydrogen-bond donors (Lipinski definition) is 1. The molecule has 0 bridgehead atoms. The maximum atomic E-state index is 12.3. The molecule has 6 nitrogen and oxygen atoms in total. The molecule has 2 amide bonds. The highest BCUT2D eigenvalue weighted by molar-refractivity contribution is 5.88. The number of para-hydroxylation sites is 1. The summed E-state index contributed by atoms with van der Waals surface area (Å²) in [4.78, 5) is 28.3. The third-order valence-electron chi connectivity index (χ3n) is 4.36. The molecule has 1 N–H and O–H groups in total. The molecule has 0 saturated carbocycles. The number of nitrogens with one attached hydrogen (secondary N) is 1. The Bertz CT molecular complexity index is 576. The number of amides is 2. The molecule has 1 aromatic carbocycles. The Kier molecular flexibility index (Phi) is 6.61. The molecule has 2 rings (SSSR count). The largest absolute Gasteiger partial charge is 0.494 e. The van der Waals surface area contributed by atoms with Crippen molar-refractivity contribution in [1.82, 2.24) is 15.1 Å². The van der Waals surface area contributed by atoms with Crippen LogP contribution in [-0.4, -0.2) is 60.9 Å². The average molecular weight is 333 g/mol. The van der Waals surface area contributed by atoms with Gasteiger partial charge in [0.2, 0.25) is 11.8 Å². The summed E-state index contributed by atoms with van der Waals surface area (Å²) in [6, 6.07) is 7.42. The van der Waals surface area contributed by atoms with Gasteiger partial charge in [0.25, 0.3) is 0 Å². The van der Waals surface area contributed by atoms with Crippen molar-refractivity contribution in [2.75, 3.05) is 33.3 Å². The number of hydrogen-bond acceptors (Lipinski definition) is 4. The standard InChI is InChI=1S/C18H27N3O3/c1-4-20(3)17(22)12-15-18(23)19-10-11-21(15)13-14-8-6-7-9-16(14)24-5-2/h6-9,15H,4-5,10-13H2,1-3H3,(H,19,23). The summed E-state index contributed by atoms with van der Waals surface area (Å²) in [7, 11) is 1.76. The van der Waals surface area contributed by atoms with Crippen molar-refractivity contribution in [3.63, 3.8) is 0 Å². The van der Waals surface area contributed by atoms with Crippen molar-refractivity contribution in [2.45, 2.75) is 32.9 Å². The number of ether oxygens (including phenoxy) is 1. The van der Waals surface area contributed by atoms with Crippen LogP contribution in [0.5, 0.6) is 5.75 Å².